The number of rotatable bonds is 6. The molecule has 4 rings (SSSR count). The Balaban J connectivity index is 1.34. The number of ether oxygens (including phenoxy) is 1. The zero-order valence-corrected chi connectivity index (χ0v) is 15.2. The zero-order chi connectivity index (χ0) is 18.6. The first-order valence-corrected chi connectivity index (χ1v) is 9.08. The highest BCUT2D eigenvalue weighted by molar-refractivity contribution is 5.91. The van der Waals surface area contributed by atoms with Crippen LogP contribution in [0.15, 0.2) is 42.9 Å². The number of hydrogen-bond donors (Lipinski definition) is 1. The average molecular weight is 366 g/mol. The first-order valence-electron chi connectivity index (χ1n) is 9.08. The number of amides is 1. The lowest BCUT2D eigenvalue weighted by Crippen LogP contribution is -2.23. The smallest absolute Gasteiger partial charge is 0.273 e. The first kappa shape index (κ1) is 17.4. The Morgan fingerprint density at radius 2 is 2.22 bits per heavy atom. The van der Waals surface area contributed by atoms with Crippen molar-refractivity contribution in [3.8, 4) is 5.69 Å². The molecule has 1 saturated heterocycles. The van der Waals surface area contributed by atoms with E-state index in [-0.39, 0.29) is 12.0 Å². The van der Waals surface area contributed by atoms with Crippen LogP contribution < -0.4 is 5.32 Å². The van der Waals surface area contributed by atoms with Crippen LogP contribution in [0.5, 0.6) is 0 Å². The topological polar surface area (TPSA) is 86.9 Å². The van der Waals surface area contributed by atoms with Gasteiger partial charge in [-0.05, 0) is 31.4 Å². The van der Waals surface area contributed by atoms with Crippen LogP contribution in [0, 0.1) is 6.92 Å². The van der Waals surface area contributed by atoms with E-state index in [1.807, 2.05) is 42.1 Å². The van der Waals surface area contributed by atoms with E-state index < -0.39 is 0 Å². The summed E-state index contributed by atoms with van der Waals surface area (Å²) in [5.41, 5.74) is 3.38. The maximum atomic E-state index is 12.3. The molecule has 140 valence electrons. The van der Waals surface area contributed by atoms with Gasteiger partial charge in [-0.25, -0.2) is 9.36 Å². The molecular formula is C19H22N6O2. The minimum atomic E-state index is -0.253. The van der Waals surface area contributed by atoms with Crippen molar-refractivity contribution in [1.82, 2.24) is 30.1 Å². The van der Waals surface area contributed by atoms with E-state index in [1.54, 1.807) is 17.1 Å². The van der Waals surface area contributed by atoms with Crippen LogP contribution in [0.2, 0.25) is 0 Å². The Kier molecular flexibility index (Phi) is 4.97. The number of aryl methyl sites for hydroxylation is 1. The molecule has 2 aromatic heterocycles. The second-order valence-corrected chi connectivity index (χ2v) is 6.72. The lowest BCUT2D eigenvalue weighted by Gasteiger charge is -2.07. The van der Waals surface area contributed by atoms with Gasteiger partial charge in [0.2, 0.25) is 0 Å². The van der Waals surface area contributed by atoms with Crippen molar-refractivity contribution >= 4 is 5.91 Å². The van der Waals surface area contributed by atoms with Crippen molar-refractivity contribution in [2.24, 2.45) is 0 Å². The van der Waals surface area contributed by atoms with Crippen LogP contribution in [0.1, 0.15) is 34.5 Å². The van der Waals surface area contributed by atoms with Crippen molar-refractivity contribution in [3.63, 3.8) is 0 Å². The molecule has 1 N–H and O–H groups in total. The van der Waals surface area contributed by atoms with Crippen LogP contribution in [-0.4, -0.2) is 43.4 Å². The summed E-state index contributed by atoms with van der Waals surface area (Å²) in [5.74, 6) is -0.253. The molecule has 0 radical (unpaired) electrons. The molecule has 8 heteroatoms. The van der Waals surface area contributed by atoms with Crippen LogP contribution in [0.3, 0.4) is 0 Å². The van der Waals surface area contributed by atoms with Crippen LogP contribution >= 0.6 is 0 Å². The van der Waals surface area contributed by atoms with Gasteiger partial charge in [0.25, 0.3) is 5.91 Å². The first-order chi connectivity index (χ1) is 13.2. The molecule has 3 aromatic rings. The summed E-state index contributed by atoms with van der Waals surface area (Å²) >= 11 is 0. The number of nitrogens with one attached hydrogen (secondary N) is 1. The van der Waals surface area contributed by atoms with Gasteiger partial charge in [-0.1, -0.05) is 23.4 Å². The Labute approximate surface area is 157 Å². The zero-order valence-electron chi connectivity index (χ0n) is 15.2. The molecule has 1 aliphatic rings. The van der Waals surface area contributed by atoms with Crippen molar-refractivity contribution in [1.29, 1.82) is 0 Å². The second-order valence-electron chi connectivity index (χ2n) is 6.72. The SMILES string of the molecule is Cc1ccccc1-n1cc(CNC(=O)c2cn(CC3CCCO3)nn2)cn1. The van der Waals surface area contributed by atoms with Gasteiger partial charge in [-0.3, -0.25) is 4.79 Å². The quantitative estimate of drug-likeness (QED) is 0.720. The fourth-order valence-corrected chi connectivity index (χ4v) is 3.17. The summed E-state index contributed by atoms with van der Waals surface area (Å²) in [6, 6.07) is 8.02. The number of benzene rings is 1. The van der Waals surface area contributed by atoms with Crippen LogP contribution in [-0.2, 0) is 17.8 Å². The fourth-order valence-electron chi connectivity index (χ4n) is 3.17. The maximum Gasteiger partial charge on any atom is 0.273 e. The number of para-hydroxylation sites is 1. The Morgan fingerprint density at radius 3 is 3.04 bits per heavy atom. The van der Waals surface area contributed by atoms with E-state index in [0.29, 0.717) is 18.8 Å². The highest BCUT2D eigenvalue weighted by Gasteiger charge is 2.18. The molecule has 0 bridgehead atoms. The van der Waals surface area contributed by atoms with Crippen molar-refractivity contribution in [2.45, 2.75) is 39.0 Å². The van der Waals surface area contributed by atoms with Crippen molar-refractivity contribution in [2.75, 3.05) is 6.61 Å². The van der Waals surface area contributed by atoms with Gasteiger partial charge in [0.05, 0.1) is 30.7 Å². The average Bonchev–Trinajstić information content (AvgIpc) is 3.43. The Bertz CT molecular complexity index is 926. The molecule has 8 nitrogen and oxygen atoms in total. The summed E-state index contributed by atoms with van der Waals surface area (Å²) < 4.78 is 9.06. The standard InChI is InChI=1S/C19H22N6O2/c1-14-5-2-3-7-18(14)25-11-15(10-21-25)9-20-19(26)17-13-24(23-22-17)12-16-6-4-8-27-16/h2-3,5,7,10-11,13,16H,4,6,8-9,12H2,1H3,(H,20,26). The van der Waals surface area contributed by atoms with E-state index in [4.69, 9.17) is 4.74 Å². The highest BCUT2D eigenvalue weighted by atomic mass is 16.5. The molecule has 0 spiro atoms. The molecule has 1 fully saturated rings. The molecule has 1 amide bonds. The number of carbonyl (C=O) groups excluding carboxylic acids is 1. The van der Waals surface area contributed by atoms with E-state index in [1.165, 1.54) is 0 Å². The summed E-state index contributed by atoms with van der Waals surface area (Å²) in [6.07, 6.45) is 7.58. The number of nitrogens with zero attached hydrogens (tertiary/aromatic N) is 5. The molecule has 1 atom stereocenters. The number of aromatic nitrogens is 5. The monoisotopic (exact) mass is 366 g/mol. The van der Waals surface area contributed by atoms with E-state index in [2.05, 4.69) is 20.7 Å². The summed E-state index contributed by atoms with van der Waals surface area (Å²) in [6.45, 7) is 3.84. The molecule has 0 saturated carbocycles. The fraction of sp³-hybridized carbons (Fsp3) is 0.368. The minimum Gasteiger partial charge on any atom is -0.376 e. The molecule has 1 aliphatic heterocycles. The van der Waals surface area contributed by atoms with Gasteiger partial charge in [0.1, 0.15) is 0 Å². The minimum absolute atomic E-state index is 0.162. The van der Waals surface area contributed by atoms with Gasteiger partial charge in [-0.2, -0.15) is 5.10 Å². The predicted molar refractivity (Wildman–Crippen MR) is 98.5 cm³/mol. The molecule has 1 unspecified atom stereocenters. The lowest BCUT2D eigenvalue weighted by molar-refractivity contribution is 0.0929. The Hall–Kier alpha value is -3.00. The van der Waals surface area contributed by atoms with Crippen LogP contribution in [0.25, 0.3) is 5.69 Å². The molecule has 1 aromatic carbocycles. The third kappa shape index (κ3) is 4.06. The summed E-state index contributed by atoms with van der Waals surface area (Å²) in [5, 5.41) is 15.2. The molecule has 27 heavy (non-hydrogen) atoms. The largest absolute Gasteiger partial charge is 0.376 e. The number of carbonyl (C=O) groups is 1. The van der Waals surface area contributed by atoms with Gasteiger partial charge in [0.15, 0.2) is 5.69 Å². The van der Waals surface area contributed by atoms with Gasteiger partial charge < -0.3 is 10.1 Å². The molecule has 3 heterocycles. The normalized spacial score (nSPS) is 16.6. The van der Waals surface area contributed by atoms with Gasteiger partial charge in [-0.15, -0.1) is 5.10 Å². The predicted octanol–water partition coefficient (Wildman–Crippen LogP) is 1.88. The summed E-state index contributed by atoms with van der Waals surface area (Å²) in [4.78, 5) is 12.3. The molecule has 0 aliphatic carbocycles. The van der Waals surface area contributed by atoms with Crippen LogP contribution in [0.4, 0.5) is 0 Å². The Morgan fingerprint density at radius 1 is 1.33 bits per heavy atom. The van der Waals surface area contributed by atoms with Crippen molar-refractivity contribution in [3.05, 3.63) is 59.7 Å². The molecular weight excluding hydrogens is 344 g/mol. The maximum absolute atomic E-state index is 12.3. The van der Waals surface area contributed by atoms with E-state index >= 15 is 0 Å². The second kappa shape index (κ2) is 7.71. The number of hydrogen-bond acceptors (Lipinski definition) is 5. The third-order valence-corrected chi connectivity index (χ3v) is 4.64. The van der Waals surface area contributed by atoms with E-state index in [9.17, 15) is 4.79 Å². The van der Waals surface area contributed by atoms with E-state index in [0.717, 1.165) is 36.3 Å². The van der Waals surface area contributed by atoms with Gasteiger partial charge >= 0.3 is 0 Å². The lowest BCUT2D eigenvalue weighted by atomic mass is 10.2. The van der Waals surface area contributed by atoms with Crippen molar-refractivity contribution < 1.29 is 9.53 Å². The summed E-state index contributed by atoms with van der Waals surface area (Å²) in [7, 11) is 0. The third-order valence-electron chi connectivity index (χ3n) is 4.64. The van der Waals surface area contributed by atoms with Gasteiger partial charge in [0, 0.05) is 24.9 Å². The highest BCUT2D eigenvalue weighted by Crippen LogP contribution is 2.14.